The molecule has 0 spiro atoms. The van der Waals surface area contributed by atoms with Gasteiger partial charge in [-0.05, 0) is 41.5 Å². The van der Waals surface area contributed by atoms with Gasteiger partial charge in [-0.3, -0.25) is 10.1 Å². The number of hydrogen-bond donors (Lipinski definition) is 0. The van der Waals surface area contributed by atoms with E-state index in [4.69, 9.17) is 14.2 Å². The summed E-state index contributed by atoms with van der Waals surface area (Å²) in [6.45, 7) is 0. The summed E-state index contributed by atoms with van der Waals surface area (Å²) in [7, 11) is 4.39. The molecule has 0 aliphatic carbocycles. The molecule has 0 amide bonds. The zero-order chi connectivity index (χ0) is 18.4. The van der Waals surface area contributed by atoms with Gasteiger partial charge >= 0.3 is 5.69 Å². The monoisotopic (exact) mass is 340 g/mol. The van der Waals surface area contributed by atoms with Crippen LogP contribution in [0.3, 0.4) is 0 Å². The number of nitrogens with zero attached hydrogens (tertiary/aromatic N) is 2. The fourth-order valence-corrected chi connectivity index (χ4v) is 2.29. The van der Waals surface area contributed by atoms with Crippen molar-refractivity contribution < 1.29 is 19.1 Å². The molecule has 2 aromatic carbocycles. The van der Waals surface area contributed by atoms with Gasteiger partial charge in [-0.2, -0.15) is 5.26 Å². The van der Waals surface area contributed by atoms with E-state index in [2.05, 4.69) is 6.07 Å². The van der Waals surface area contributed by atoms with Gasteiger partial charge in [0, 0.05) is 6.07 Å². The minimum absolute atomic E-state index is 0.159. The summed E-state index contributed by atoms with van der Waals surface area (Å²) >= 11 is 0. The fraction of sp³-hybridized carbons (Fsp3) is 0.167. The summed E-state index contributed by atoms with van der Waals surface area (Å²) in [5, 5.41) is 20.6. The molecule has 0 saturated carbocycles. The summed E-state index contributed by atoms with van der Waals surface area (Å²) in [5.41, 5.74) is 1.29. The third-order valence-electron chi connectivity index (χ3n) is 3.53. The predicted octanol–water partition coefficient (Wildman–Crippen LogP) is 3.68. The molecule has 0 atom stereocenters. The van der Waals surface area contributed by atoms with Crippen molar-refractivity contribution >= 4 is 17.3 Å². The van der Waals surface area contributed by atoms with Crippen LogP contribution < -0.4 is 14.2 Å². The number of benzene rings is 2. The van der Waals surface area contributed by atoms with Crippen LogP contribution in [0.5, 0.6) is 17.2 Å². The Morgan fingerprint density at radius 3 is 2.24 bits per heavy atom. The Morgan fingerprint density at radius 2 is 1.68 bits per heavy atom. The van der Waals surface area contributed by atoms with E-state index in [1.807, 2.05) is 0 Å². The Bertz CT molecular complexity index is 868. The van der Waals surface area contributed by atoms with Gasteiger partial charge in [0.05, 0.1) is 37.9 Å². The number of ether oxygens (including phenoxy) is 3. The van der Waals surface area contributed by atoms with Crippen LogP contribution in [0, 0.1) is 21.4 Å². The maximum absolute atomic E-state index is 11.1. The highest BCUT2D eigenvalue weighted by Crippen LogP contribution is 2.32. The summed E-state index contributed by atoms with van der Waals surface area (Å²) in [6.07, 6.45) is 1.56. The van der Waals surface area contributed by atoms with E-state index in [-0.39, 0.29) is 11.4 Å². The second-order valence-electron chi connectivity index (χ2n) is 4.93. The highest BCUT2D eigenvalue weighted by Gasteiger charge is 2.15. The third kappa shape index (κ3) is 3.87. The van der Waals surface area contributed by atoms with Crippen molar-refractivity contribution in [3.8, 4) is 23.3 Å². The lowest BCUT2D eigenvalue weighted by molar-refractivity contribution is -0.385. The molecule has 128 valence electrons. The summed E-state index contributed by atoms with van der Waals surface area (Å²) in [6, 6.07) is 11.7. The second kappa shape index (κ2) is 7.84. The summed E-state index contributed by atoms with van der Waals surface area (Å²) in [4.78, 5) is 10.6. The smallest absolute Gasteiger partial charge is 0.311 e. The molecular weight excluding hydrogens is 324 g/mol. The van der Waals surface area contributed by atoms with Crippen LogP contribution in [0.4, 0.5) is 5.69 Å². The van der Waals surface area contributed by atoms with Gasteiger partial charge in [-0.1, -0.05) is 6.07 Å². The van der Waals surface area contributed by atoms with Gasteiger partial charge in [-0.25, -0.2) is 0 Å². The van der Waals surface area contributed by atoms with Gasteiger partial charge in [0.1, 0.15) is 0 Å². The lowest BCUT2D eigenvalue weighted by atomic mass is 10.0. The van der Waals surface area contributed by atoms with Crippen LogP contribution in [-0.2, 0) is 0 Å². The lowest BCUT2D eigenvalue weighted by Crippen LogP contribution is -1.94. The molecule has 0 aliphatic rings. The van der Waals surface area contributed by atoms with Gasteiger partial charge in [-0.15, -0.1) is 0 Å². The number of allylic oxidation sites excluding steroid dienone is 1. The zero-order valence-corrected chi connectivity index (χ0v) is 14.0. The molecule has 7 nitrogen and oxygen atoms in total. The minimum atomic E-state index is -0.529. The standard InChI is InChI=1S/C18H16N2O5/c1-23-16-6-4-12(9-15(16)20(21)22)8-14(11-19)13-5-7-17(24-2)18(10-13)25-3/h4-10H,1-3H3/b14-8+. The Balaban J connectivity index is 2.49. The molecule has 2 rings (SSSR count). The number of hydrogen-bond acceptors (Lipinski definition) is 6. The van der Waals surface area contributed by atoms with Crippen molar-refractivity contribution in [3.05, 3.63) is 57.6 Å². The number of rotatable bonds is 6. The van der Waals surface area contributed by atoms with E-state index in [0.717, 1.165) is 0 Å². The Hall–Kier alpha value is -3.53. The predicted molar refractivity (Wildman–Crippen MR) is 92.7 cm³/mol. The van der Waals surface area contributed by atoms with E-state index < -0.39 is 4.92 Å². The van der Waals surface area contributed by atoms with Crippen LogP contribution in [0.2, 0.25) is 0 Å². The van der Waals surface area contributed by atoms with E-state index in [1.165, 1.54) is 33.5 Å². The normalized spacial score (nSPS) is 10.7. The maximum atomic E-state index is 11.1. The number of nitro benzene ring substituents is 1. The molecule has 0 N–H and O–H groups in total. The average Bonchev–Trinajstić information content (AvgIpc) is 2.65. The van der Waals surface area contributed by atoms with Gasteiger partial charge in [0.25, 0.3) is 0 Å². The van der Waals surface area contributed by atoms with Crippen molar-refractivity contribution in [2.45, 2.75) is 0 Å². The summed E-state index contributed by atoms with van der Waals surface area (Å²) in [5.74, 6) is 1.19. The molecule has 0 aromatic heterocycles. The first-order valence-electron chi connectivity index (χ1n) is 7.20. The molecule has 0 saturated heterocycles. The SMILES string of the molecule is COc1ccc(/C(C#N)=C/c2ccc(OC)c([N+](=O)[O-])c2)cc1OC. The molecule has 25 heavy (non-hydrogen) atoms. The van der Waals surface area contributed by atoms with Gasteiger partial charge < -0.3 is 14.2 Å². The highest BCUT2D eigenvalue weighted by molar-refractivity contribution is 5.90. The van der Waals surface area contributed by atoms with Gasteiger partial charge in [0.2, 0.25) is 0 Å². The highest BCUT2D eigenvalue weighted by atomic mass is 16.6. The first kappa shape index (κ1) is 17.8. The topological polar surface area (TPSA) is 94.6 Å². The quantitative estimate of drug-likeness (QED) is 0.344. The Kier molecular flexibility index (Phi) is 5.58. The fourth-order valence-electron chi connectivity index (χ4n) is 2.29. The minimum Gasteiger partial charge on any atom is -0.493 e. The number of nitriles is 1. The summed E-state index contributed by atoms with van der Waals surface area (Å²) < 4.78 is 15.4. The zero-order valence-electron chi connectivity index (χ0n) is 14.0. The van der Waals surface area contributed by atoms with Crippen molar-refractivity contribution in [3.63, 3.8) is 0 Å². The molecule has 0 aliphatic heterocycles. The number of methoxy groups -OCH3 is 3. The van der Waals surface area contributed by atoms with Crippen molar-refractivity contribution in [1.82, 2.24) is 0 Å². The van der Waals surface area contributed by atoms with E-state index >= 15 is 0 Å². The van der Waals surface area contributed by atoms with Crippen LogP contribution in [0.15, 0.2) is 36.4 Å². The lowest BCUT2D eigenvalue weighted by Gasteiger charge is -2.09. The van der Waals surface area contributed by atoms with Crippen LogP contribution in [0.25, 0.3) is 11.6 Å². The van der Waals surface area contributed by atoms with Crippen LogP contribution in [0.1, 0.15) is 11.1 Å². The third-order valence-corrected chi connectivity index (χ3v) is 3.53. The Labute approximate surface area is 144 Å². The van der Waals surface area contributed by atoms with Gasteiger partial charge in [0.15, 0.2) is 17.2 Å². The van der Waals surface area contributed by atoms with E-state index in [1.54, 1.807) is 30.3 Å². The molecule has 0 unspecified atom stereocenters. The molecule has 0 heterocycles. The first-order valence-corrected chi connectivity index (χ1v) is 7.20. The van der Waals surface area contributed by atoms with E-state index in [0.29, 0.717) is 28.2 Å². The number of nitro groups is 1. The molecule has 7 heteroatoms. The second-order valence-corrected chi connectivity index (χ2v) is 4.93. The molecule has 0 fully saturated rings. The molecule has 0 bridgehead atoms. The first-order chi connectivity index (χ1) is 12.0. The average molecular weight is 340 g/mol. The van der Waals surface area contributed by atoms with Crippen LogP contribution in [-0.4, -0.2) is 26.3 Å². The van der Waals surface area contributed by atoms with Crippen molar-refractivity contribution in [2.75, 3.05) is 21.3 Å². The van der Waals surface area contributed by atoms with Crippen LogP contribution >= 0.6 is 0 Å². The van der Waals surface area contributed by atoms with Crippen molar-refractivity contribution in [1.29, 1.82) is 5.26 Å². The maximum Gasteiger partial charge on any atom is 0.311 e. The van der Waals surface area contributed by atoms with E-state index in [9.17, 15) is 15.4 Å². The Morgan fingerprint density at radius 1 is 1.04 bits per heavy atom. The molecular formula is C18H16N2O5. The molecule has 2 aromatic rings. The molecule has 0 radical (unpaired) electrons. The largest absolute Gasteiger partial charge is 0.493 e. The van der Waals surface area contributed by atoms with Crippen molar-refractivity contribution in [2.24, 2.45) is 0 Å².